The number of amides is 1. The van der Waals surface area contributed by atoms with Crippen LogP contribution in [0.1, 0.15) is 67.1 Å². The van der Waals surface area contributed by atoms with Crippen LogP contribution < -0.4 is 0 Å². The minimum Gasteiger partial charge on any atom is -0.508 e. The summed E-state index contributed by atoms with van der Waals surface area (Å²) in [7, 11) is 0. The number of phenolic OH excluding ortho intramolecular Hbond substituents is 1. The first kappa shape index (κ1) is 25.7. The van der Waals surface area contributed by atoms with Crippen LogP contribution in [0, 0.1) is 11.8 Å². The quantitative estimate of drug-likeness (QED) is 0.586. The number of piperidine rings is 1. The van der Waals surface area contributed by atoms with Crippen LogP contribution in [0.3, 0.4) is 0 Å². The van der Waals surface area contributed by atoms with Crippen molar-refractivity contribution in [3.05, 3.63) is 65.2 Å². The summed E-state index contributed by atoms with van der Waals surface area (Å²) in [6.07, 6.45) is 3.69. The zero-order chi connectivity index (χ0) is 26.1. The van der Waals surface area contributed by atoms with Crippen molar-refractivity contribution in [3.8, 4) is 5.75 Å². The van der Waals surface area contributed by atoms with Gasteiger partial charge in [0.25, 0.3) is 5.91 Å². The Morgan fingerprint density at radius 1 is 0.919 bits per heavy atom. The SMILES string of the molecule is C[C@@H]1CN([C@@H](c2cccc(O)c2)c2cccc(C(=O)N3CCC(C(=O)O)CC3)c2)[C@H](C)CN1CC1CC1. The summed E-state index contributed by atoms with van der Waals surface area (Å²) >= 11 is 0. The number of carboxylic acids is 1. The number of aromatic hydroxyl groups is 1. The van der Waals surface area contributed by atoms with Crippen molar-refractivity contribution in [2.45, 2.75) is 57.7 Å². The molecule has 0 spiro atoms. The van der Waals surface area contributed by atoms with Crippen molar-refractivity contribution in [1.29, 1.82) is 0 Å². The summed E-state index contributed by atoms with van der Waals surface area (Å²) < 4.78 is 0. The topological polar surface area (TPSA) is 84.3 Å². The molecule has 3 aliphatic rings. The van der Waals surface area contributed by atoms with Gasteiger partial charge in [0.2, 0.25) is 0 Å². The molecule has 0 radical (unpaired) electrons. The molecule has 5 rings (SSSR count). The maximum absolute atomic E-state index is 13.4. The molecule has 7 nitrogen and oxygen atoms in total. The largest absolute Gasteiger partial charge is 0.508 e. The molecule has 2 aromatic carbocycles. The molecule has 3 fully saturated rings. The molecule has 2 aliphatic heterocycles. The number of carbonyl (C=O) groups excluding carboxylic acids is 1. The molecule has 1 aliphatic carbocycles. The number of carbonyl (C=O) groups is 2. The number of nitrogens with zero attached hydrogens (tertiary/aromatic N) is 3. The van der Waals surface area contributed by atoms with Crippen LogP contribution in [0.15, 0.2) is 48.5 Å². The lowest BCUT2D eigenvalue weighted by Gasteiger charge is -2.48. The van der Waals surface area contributed by atoms with Gasteiger partial charge in [-0.25, -0.2) is 0 Å². The number of rotatable bonds is 7. The van der Waals surface area contributed by atoms with E-state index in [2.05, 4.69) is 35.8 Å². The normalized spacial score (nSPS) is 24.6. The highest BCUT2D eigenvalue weighted by Crippen LogP contribution is 2.37. The number of hydrogen-bond acceptors (Lipinski definition) is 5. The number of phenols is 1. The standard InChI is InChI=1S/C30H39N3O4/c1-20-18-33(21(2)17-32(20)19-22-9-10-22)28(25-6-4-8-27(34)16-25)24-5-3-7-26(15-24)29(35)31-13-11-23(12-14-31)30(36)37/h3-8,15-16,20-23,28,34H,9-14,17-19H2,1-2H3,(H,36,37)/t20-,21-,28-/m1/s1. The molecular weight excluding hydrogens is 466 g/mol. The van der Waals surface area contributed by atoms with Gasteiger partial charge in [0.1, 0.15) is 5.75 Å². The van der Waals surface area contributed by atoms with Crippen molar-refractivity contribution in [1.82, 2.24) is 14.7 Å². The van der Waals surface area contributed by atoms with Crippen molar-refractivity contribution in [2.75, 3.05) is 32.7 Å². The first-order valence-electron chi connectivity index (χ1n) is 13.7. The van der Waals surface area contributed by atoms with E-state index >= 15 is 0 Å². The highest BCUT2D eigenvalue weighted by atomic mass is 16.4. The lowest BCUT2D eigenvalue weighted by Crippen LogP contribution is -2.57. The van der Waals surface area contributed by atoms with Crippen LogP contribution in [-0.4, -0.2) is 81.6 Å². The maximum atomic E-state index is 13.4. The molecule has 3 atom stereocenters. The first-order chi connectivity index (χ1) is 17.8. The fourth-order valence-electron chi connectivity index (χ4n) is 6.10. The summed E-state index contributed by atoms with van der Waals surface area (Å²) in [5, 5.41) is 19.6. The lowest BCUT2D eigenvalue weighted by atomic mass is 9.92. The zero-order valence-corrected chi connectivity index (χ0v) is 21.9. The Hall–Kier alpha value is -2.90. The van der Waals surface area contributed by atoms with Crippen molar-refractivity contribution < 1.29 is 19.8 Å². The minimum atomic E-state index is -0.774. The number of likely N-dealkylation sites (tertiary alicyclic amines) is 1. The summed E-state index contributed by atoms with van der Waals surface area (Å²) in [6.45, 7) is 8.61. The predicted octanol–water partition coefficient (Wildman–Crippen LogP) is 4.22. The molecule has 2 N–H and O–H groups in total. The number of benzene rings is 2. The number of aliphatic carboxylic acids is 1. The average molecular weight is 506 g/mol. The summed E-state index contributed by atoms with van der Waals surface area (Å²) in [5.74, 6) is -0.0948. The van der Waals surface area contributed by atoms with Crippen LogP contribution in [-0.2, 0) is 4.79 Å². The Kier molecular flexibility index (Phi) is 7.54. The third-order valence-electron chi connectivity index (χ3n) is 8.45. The molecule has 1 saturated carbocycles. The molecule has 7 heteroatoms. The highest BCUT2D eigenvalue weighted by molar-refractivity contribution is 5.94. The van der Waals surface area contributed by atoms with Crippen LogP contribution in [0.2, 0.25) is 0 Å². The Morgan fingerprint density at radius 2 is 1.59 bits per heavy atom. The fraction of sp³-hybridized carbons (Fsp3) is 0.533. The van der Waals surface area contributed by atoms with Crippen molar-refractivity contribution in [3.63, 3.8) is 0 Å². The van der Waals surface area contributed by atoms with Gasteiger partial charge in [-0.1, -0.05) is 24.3 Å². The smallest absolute Gasteiger partial charge is 0.306 e. The monoisotopic (exact) mass is 505 g/mol. The van der Waals surface area contributed by atoms with Gasteiger partial charge in [-0.15, -0.1) is 0 Å². The van der Waals surface area contributed by atoms with E-state index in [4.69, 9.17) is 0 Å². The van der Waals surface area contributed by atoms with E-state index in [1.165, 1.54) is 19.4 Å². The first-order valence-corrected chi connectivity index (χ1v) is 13.7. The van der Waals surface area contributed by atoms with E-state index in [0.717, 1.165) is 30.1 Å². The van der Waals surface area contributed by atoms with Crippen LogP contribution >= 0.6 is 0 Å². The van der Waals surface area contributed by atoms with E-state index in [1.807, 2.05) is 30.3 Å². The maximum Gasteiger partial charge on any atom is 0.306 e. The highest BCUT2D eigenvalue weighted by Gasteiger charge is 2.37. The fourth-order valence-corrected chi connectivity index (χ4v) is 6.10. The van der Waals surface area contributed by atoms with Gasteiger partial charge in [-0.05, 0) is 80.8 Å². The summed E-state index contributed by atoms with van der Waals surface area (Å²) in [5.41, 5.74) is 2.68. The number of carboxylic acid groups (broad SMARTS) is 1. The Balaban J connectivity index is 1.41. The Morgan fingerprint density at radius 3 is 2.24 bits per heavy atom. The van der Waals surface area contributed by atoms with Gasteiger partial charge in [-0.3, -0.25) is 19.4 Å². The molecule has 37 heavy (non-hydrogen) atoms. The molecule has 0 unspecified atom stereocenters. The lowest BCUT2D eigenvalue weighted by molar-refractivity contribution is -0.143. The molecule has 1 amide bonds. The van der Waals surface area contributed by atoms with Crippen LogP contribution in [0.5, 0.6) is 5.75 Å². The van der Waals surface area contributed by atoms with E-state index in [-0.39, 0.29) is 23.6 Å². The van der Waals surface area contributed by atoms with E-state index in [1.54, 1.807) is 11.0 Å². The van der Waals surface area contributed by atoms with Crippen molar-refractivity contribution in [2.24, 2.45) is 11.8 Å². The third kappa shape index (κ3) is 5.83. The molecular formula is C30H39N3O4. The second kappa shape index (κ2) is 10.8. The van der Waals surface area contributed by atoms with E-state index in [0.29, 0.717) is 43.6 Å². The van der Waals surface area contributed by atoms with Crippen molar-refractivity contribution >= 4 is 11.9 Å². The van der Waals surface area contributed by atoms with Crippen LogP contribution in [0.4, 0.5) is 0 Å². The second-order valence-corrected chi connectivity index (χ2v) is 11.3. The number of piperazine rings is 1. The molecule has 2 heterocycles. The predicted molar refractivity (Wildman–Crippen MR) is 143 cm³/mol. The van der Waals surface area contributed by atoms with Gasteiger partial charge >= 0.3 is 5.97 Å². The second-order valence-electron chi connectivity index (χ2n) is 11.3. The number of hydrogen-bond donors (Lipinski definition) is 2. The van der Waals surface area contributed by atoms with Gasteiger partial charge in [0, 0.05) is 50.4 Å². The van der Waals surface area contributed by atoms with Crippen LogP contribution in [0.25, 0.3) is 0 Å². The molecule has 198 valence electrons. The Bertz CT molecular complexity index is 1130. The molecule has 2 saturated heterocycles. The van der Waals surface area contributed by atoms with E-state index in [9.17, 15) is 19.8 Å². The zero-order valence-electron chi connectivity index (χ0n) is 21.9. The molecule has 0 aromatic heterocycles. The minimum absolute atomic E-state index is 0.0454. The third-order valence-corrected chi connectivity index (χ3v) is 8.45. The van der Waals surface area contributed by atoms with Gasteiger partial charge in [0.15, 0.2) is 0 Å². The molecule has 0 bridgehead atoms. The summed E-state index contributed by atoms with van der Waals surface area (Å²) in [4.78, 5) is 31.7. The van der Waals surface area contributed by atoms with E-state index < -0.39 is 5.97 Å². The average Bonchev–Trinajstić information content (AvgIpc) is 3.71. The van der Waals surface area contributed by atoms with Gasteiger partial charge < -0.3 is 15.1 Å². The van der Waals surface area contributed by atoms with Gasteiger partial charge in [-0.2, -0.15) is 0 Å². The summed E-state index contributed by atoms with van der Waals surface area (Å²) in [6, 6.07) is 16.0. The molecule has 2 aromatic rings. The Labute approximate surface area is 219 Å². The van der Waals surface area contributed by atoms with Gasteiger partial charge in [0.05, 0.1) is 12.0 Å².